The predicted octanol–water partition coefficient (Wildman–Crippen LogP) is 4.17. The minimum atomic E-state index is 0.0186. The highest BCUT2D eigenvalue weighted by Crippen LogP contribution is 2.27. The molecule has 1 unspecified atom stereocenters. The first-order chi connectivity index (χ1) is 14.1. The van der Waals surface area contributed by atoms with Gasteiger partial charge in [0.1, 0.15) is 17.7 Å². The molecule has 2 aromatic carbocycles. The van der Waals surface area contributed by atoms with Gasteiger partial charge < -0.3 is 19.9 Å². The van der Waals surface area contributed by atoms with Crippen LogP contribution in [-0.2, 0) is 4.74 Å². The van der Waals surface area contributed by atoms with Crippen molar-refractivity contribution in [1.29, 1.82) is 0 Å². The Hall–Kier alpha value is -3.12. The van der Waals surface area contributed by atoms with Crippen molar-refractivity contribution < 1.29 is 4.74 Å². The number of hydrogen-bond acceptors (Lipinski definition) is 6. The minimum Gasteiger partial charge on any atom is -0.370 e. The van der Waals surface area contributed by atoms with Crippen LogP contribution < -0.4 is 15.1 Å². The van der Waals surface area contributed by atoms with E-state index in [2.05, 4.69) is 53.5 Å². The zero-order valence-electron chi connectivity index (χ0n) is 17.2. The third kappa shape index (κ3) is 4.66. The Morgan fingerprint density at radius 2 is 1.79 bits per heavy atom. The van der Waals surface area contributed by atoms with Crippen LogP contribution in [0.1, 0.15) is 17.2 Å². The van der Waals surface area contributed by atoms with E-state index in [1.54, 1.807) is 0 Å². The summed E-state index contributed by atoms with van der Waals surface area (Å²) in [7, 11) is 3.99. The molecule has 1 aromatic heterocycles. The minimum absolute atomic E-state index is 0.0186. The van der Waals surface area contributed by atoms with Crippen LogP contribution >= 0.6 is 0 Å². The normalized spacial score (nSPS) is 16.5. The molecule has 150 valence electrons. The van der Waals surface area contributed by atoms with Crippen LogP contribution in [0.4, 0.5) is 23.3 Å². The summed E-state index contributed by atoms with van der Waals surface area (Å²) in [6, 6.07) is 20.6. The number of aryl methyl sites for hydroxylation is 1. The first-order valence-electron chi connectivity index (χ1n) is 9.90. The average molecular weight is 390 g/mol. The Kier molecular flexibility index (Phi) is 5.62. The second-order valence-corrected chi connectivity index (χ2v) is 7.51. The topological polar surface area (TPSA) is 53.5 Å². The number of aromatic nitrogens is 2. The van der Waals surface area contributed by atoms with Crippen molar-refractivity contribution in [2.45, 2.75) is 13.0 Å². The van der Waals surface area contributed by atoms with Gasteiger partial charge in [-0.25, -0.2) is 0 Å². The SMILES string of the molecule is Cc1ccc(Nc2cc(N(C)C)nc(N3CCOC(c4ccccc4)C3)n2)cc1. The highest BCUT2D eigenvalue weighted by molar-refractivity contribution is 5.62. The summed E-state index contributed by atoms with van der Waals surface area (Å²) in [6.07, 6.45) is 0.0186. The lowest BCUT2D eigenvalue weighted by molar-refractivity contribution is 0.0392. The molecule has 1 N–H and O–H groups in total. The highest BCUT2D eigenvalue weighted by atomic mass is 16.5. The monoisotopic (exact) mass is 389 g/mol. The maximum absolute atomic E-state index is 6.01. The van der Waals surface area contributed by atoms with Crippen LogP contribution in [0.15, 0.2) is 60.7 Å². The second kappa shape index (κ2) is 8.49. The summed E-state index contributed by atoms with van der Waals surface area (Å²) in [5.74, 6) is 2.37. The smallest absolute Gasteiger partial charge is 0.229 e. The van der Waals surface area contributed by atoms with Crippen LogP contribution in [0.25, 0.3) is 0 Å². The Bertz CT molecular complexity index is 943. The van der Waals surface area contributed by atoms with Gasteiger partial charge >= 0.3 is 0 Å². The number of nitrogens with zero attached hydrogens (tertiary/aromatic N) is 4. The largest absolute Gasteiger partial charge is 0.370 e. The van der Waals surface area contributed by atoms with Crippen LogP contribution in [0.5, 0.6) is 0 Å². The maximum Gasteiger partial charge on any atom is 0.229 e. The van der Waals surface area contributed by atoms with Crippen molar-refractivity contribution in [3.8, 4) is 0 Å². The number of ether oxygens (including phenoxy) is 1. The molecule has 1 fully saturated rings. The Balaban J connectivity index is 1.60. The van der Waals surface area contributed by atoms with Gasteiger partial charge in [0.25, 0.3) is 0 Å². The molecule has 1 atom stereocenters. The molecule has 0 aliphatic carbocycles. The number of hydrogen-bond donors (Lipinski definition) is 1. The lowest BCUT2D eigenvalue weighted by atomic mass is 10.1. The molecular weight excluding hydrogens is 362 g/mol. The van der Waals surface area contributed by atoms with E-state index in [9.17, 15) is 0 Å². The predicted molar refractivity (Wildman–Crippen MR) is 118 cm³/mol. The molecule has 2 heterocycles. The molecule has 6 nitrogen and oxygen atoms in total. The van der Waals surface area contributed by atoms with Gasteiger partial charge in [0.2, 0.25) is 5.95 Å². The molecule has 3 aromatic rings. The van der Waals surface area contributed by atoms with Crippen molar-refractivity contribution in [3.63, 3.8) is 0 Å². The fourth-order valence-electron chi connectivity index (χ4n) is 3.34. The summed E-state index contributed by atoms with van der Waals surface area (Å²) in [4.78, 5) is 13.8. The van der Waals surface area contributed by atoms with E-state index in [0.29, 0.717) is 6.61 Å². The molecule has 1 aliphatic rings. The first kappa shape index (κ1) is 19.2. The van der Waals surface area contributed by atoms with Crippen LogP contribution in [0.3, 0.4) is 0 Å². The quantitative estimate of drug-likeness (QED) is 0.707. The summed E-state index contributed by atoms with van der Waals surface area (Å²) < 4.78 is 6.01. The van der Waals surface area contributed by atoms with Gasteiger partial charge in [0.05, 0.1) is 13.2 Å². The number of morpholine rings is 1. The summed E-state index contributed by atoms with van der Waals surface area (Å²) in [5, 5.41) is 3.41. The Labute approximate surface area is 172 Å². The van der Waals surface area contributed by atoms with E-state index < -0.39 is 0 Å². The molecule has 0 saturated carbocycles. The molecule has 0 bridgehead atoms. The van der Waals surface area contributed by atoms with E-state index in [-0.39, 0.29) is 6.10 Å². The molecule has 1 saturated heterocycles. The summed E-state index contributed by atoms with van der Waals surface area (Å²) in [5.41, 5.74) is 3.42. The fraction of sp³-hybridized carbons (Fsp3) is 0.304. The number of benzene rings is 2. The van der Waals surface area contributed by atoms with Gasteiger partial charge in [0.15, 0.2) is 0 Å². The molecule has 4 rings (SSSR count). The third-order valence-electron chi connectivity index (χ3n) is 5.00. The molecular formula is C23H27N5O. The number of anilines is 4. The second-order valence-electron chi connectivity index (χ2n) is 7.51. The molecule has 0 spiro atoms. The molecule has 6 heteroatoms. The Morgan fingerprint density at radius 3 is 2.52 bits per heavy atom. The standard InChI is InChI=1S/C23H27N5O/c1-17-9-11-19(12-10-17)24-21-15-22(27(2)3)26-23(25-21)28-13-14-29-20(16-28)18-7-5-4-6-8-18/h4-12,15,20H,13-14,16H2,1-3H3,(H,24,25,26). The van der Waals surface area contributed by atoms with Crippen LogP contribution in [0.2, 0.25) is 0 Å². The van der Waals surface area contributed by atoms with E-state index in [1.807, 2.05) is 43.3 Å². The average Bonchev–Trinajstić information content (AvgIpc) is 2.76. The number of rotatable bonds is 5. The van der Waals surface area contributed by atoms with Gasteiger partial charge in [-0.05, 0) is 24.6 Å². The maximum atomic E-state index is 6.01. The lowest BCUT2D eigenvalue weighted by Crippen LogP contribution is -2.39. The van der Waals surface area contributed by atoms with E-state index >= 15 is 0 Å². The van der Waals surface area contributed by atoms with E-state index in [0.717, 1.165) is 36.4 Å². The summed E-state index contributed by atoms with van der Waals surface area (Å²) >= 11 is 0. The van der Waals surface area contributed by atoms with Crippen molar-refractivity contribution in [1.82, 2.24) is 9.97 Å². The van der Waals surface area contributed by atoms with Crippen molar-refractivity contribution in [2.75, 3.05) is 48.9 Å². The molecule has 0 radical (unpaired) electrons. The molecule has 1 aliphatic heterocycles. The molecule has 0 amide bonds. The highest BCUT2D eigenvalue weighted by Gasteiger charge is 2.24. The van der Waals surface area contributed by atoms with Crippen LogP contribution in [0, 0.1) is 6.92 Å². The van der Waals surface area contributed by atoms with Gasteiger partial charge in [-0.15, -0.1) is 0 Å². The fourth-order valence-corrected chi connectivity index (χ4v) is 3.34. The van der Waals surface area contributed by atoms with Gasteiger partial charge in [-0.3, -0.25) is 0 Å². The van der Waals surface area contributed by atoms with Gasteiger partial charge in [0, 0.05) is 32.4 Å². The number of nitrogens with one attached hydrogen (secondary N) is 1. The van der Waals surface area contributed by atoms with Crippen LogP contribution in [-0.4, -0.2) is 43.8 Å². The lowest BCUT2D eigenvalue weighted by Gasteiger charge is -2.33. The molecule has 29 heavy (non-hydrogen) atoms. The van der Waals surface area contributed by atoms with Gasteiger partial charge in [-0.2, -0.15) is 9.97 Å². The van der Waals surface area contributed by atoms with E-state index in [4.69, 9.17) is 14.7 Å². The Morgan fingerprint density at radius 1 is 1.03 bits per heavy atom. The van der Waals surface area contributed by atoms with Crippen molar-refractivity contribution in [3.05, 3.63) is 71.8 Å². The first-order valence-corrected chi connectivity index (χ1v) is 9.90. The zero-order valence-corrected chi connectivity index (χ0v) is 17.2. The van der Waals surface area contributed by atoms with Crippen molar-refractivity contribution >= 4 is 23.3 Å². The van der Waals surface area contributed by atoms with E-state index in [1.165, 1.54) is 11.1 Å². The zero-order chi connectivity index (χ0) is 20.2. The van der Waals surface area contributed by atoms with Gasteiger partial charge in [-0.1, -0.05) is 48.0 Å². The summed E-state index contributed by atoms with van der Waals surface area (Å²) in [6.45, 7) is 4.23. The van der Waals surface area contributed by atoms with Crippen molar-refractivity contribution in [2.24, 2.45) is 0 Å². The third-order valence-corrected chi connectivity index (χ3v) is 5.00.